The van der Waals surface area contributed by atoms with Crippen LogP contribution in [-0.2, 0) is 32.1 Å². The summed E-state index contributed by atoms with van der Waals surface area (Å²) in [4.78, 5) is 45.2. The van der Waals surface area contributed by atoms with E-state index in [0.29, 0.717) is 11.3 Å². The minimum Gasteiger partial charge on any atom is -0.508 e. The second-order valence-electron chi connectivity index (χ2n) is 13.1. The van der Waals surface area contributed by atoms with E-state index >= 15 is 0 Å². The summed E-state index contributed by atoms with van der Waals surface area (Å²) in [5.74, 6) is -6.38. The van der Waals surface area contributed by atoms with Gasteiger partial charge in [-0.15, -0.1) is 0 Å². The number of amides is 1. The highest BCUT2D eigenvalue weighted by molar-refractivity contribution is 6.24. The number of likely N-dealkylation sites (N-methyl/N-ethyl adjacent to an activating group) is 1. The van der Waals surface area contributed by atoms with Gasteiger partial charge in [-0.25, -0.2) is 0 Å². The van der Waals surface area contributed by atoms with Crippen molar-refractivity contribution in [1.29, 1.82) is 0 Å². The molecule has 5 rings (SSSR count). The van der Waals surface area contributed by atoms with Crippen LogP contribution in [0.1, 0.15) is 36.0 Å². The first kappa shape index (κ1) is 33.7. The number of hydrogen-bond acceptors (Lipinski definition) is 11. The van der Waals surface area contributed by atoms with Crippen LogP contribution in [0.4, 0.5) is 18.9 Å². The highest BCUT2D eigenvalue weighted by Gasteiger charge is 2.65. The van der Waals surface area contributed by atoms with Gasteiger partial charge in [-0.05, 0) is 57.3 Å². The van der Waals surface area contributed by atoms with Gasteiger partial charge >= 0.3 is 6.18 Å². The van der Waals surface area contributed by atoms with E-state index in [1.54, 1.807) is 44.1 Å². The third kappa shape index (κ3) is 4.78. The molecule has 12 nitrogen and oxygen atoms in total. The minimum absolute atomic E-state index is 0.00388. The Balaban J connectivity index is 1.63. The van der Waals surface area contributed by atoms with E-state index in [1.165, 1.54) is 4.90 Å². The number of carbonyl (C=O) groups excluding carboxylic acids is 3. The summed E-state index contributed by atoms with van der Waals surface area (Å²) in [5.41, 5.74) is 0.875. The van der Waals surface area contributed by atoms with Crippen molar-refractivity contribution in [3.63, 3.8) is 0 Å². The Hall–Kier alpha value is -3.66. The highest BCUT2D eigenvalue weighted by Crippen LogP contribution is 2.55. The summed E-state index contributed by atoms with van der Waals surface area (Å²) in [5, 5.41) is 44.7. The zero-order valence-electron chi connectivity index (χ0n) is 26.2. The predicted molar refractivity (Wildman–Crippen MR) is 159 cm³/mol. The summed E-state index contributed by atoms with van der Waals surface area (Å²) in [6.45, 7) is -0.209. The summed E-state index contributed by atoms with van der Waals surface area (Å²) < 4.78 is 45.8. The number of halogens is 3. The molecule has 1 aliphatic heterocycles. The van der Waals surface area contributed by atoms with Crippen LogP contribution in [-0.4, -0.2) is 120 Å². The van der Waals surface area contributed by atoms with Crippen LogP contribution in [0.5, 0.6) is 5.75 Å². The Labute approximate surface area is 263 Å². The lowest BCUT2D eigenvalue weighted by Gasteiger charge is -2.52. The number of benzene rings is 1. The number of rotatable bonds is 6. The van der Waals surface area contributed by atoms with Gasteiger partial charge < -0.3 is 35.8 Å². The molecule has 46 heavy (non-hydrogen) atoms. The number of alkyl halides is 3. The largest absolute Gasteiger partial charge is 0.508 e. The molecule has 1 heterocycles. The maximum absolute atomic E-state index is 14.5. The smallest absolute Gasteiger partial charge is 0.417 e. The molecule has 0 unspecified atom stereocenters. The molecular formula is C31H39F3N4O8. The normalized spacial score (nSPS) is 28.3. The Morgan fingerprint density at radius 3 is 2.24 bits per heavy atom. The molecular weight excluding hydrogens is 613 g/mol. The van der Waals surface area contributed by atoms with E-state index in [2.05, 4.69) is 0 Å². The molecule has 1 amide bonds. The second-order valence-corrected chi connectivity index (χ2v) is 13.1. The number of hydrogen-bond donors (Lipinski definition) is 5. The number of nitrogens with zero attached hydrogens (tertiary/aromatic N) is 3. The van der Waals surface area contributed by atoms with Gasteiger partial charge in [0.15, 0.2) is 17.0 Å². The van der Waals surface area contributed by atoms with Gasteiger partial charge in [-0.3, -0.25) is 24.2 Å². The van der Waals surface area contributed by atoms with Crippen molar-refractivity contribution in [1.82, 2.24) is 9.80 Å². The van der Waals surface area contributed by atoms with Crippen molar-refractivity contribution < 1.29 is 52.7 Å². The fourth-order valence-corrected chi connectivity index (χ4v) is 7.79. The van der Waals surface area contributed by atoms with Gasteiger partial charge in [-0.2, -0.15) is 13.2 Å². The summed E-state index contributed by atoms with van der Waals surface area (Å²) >= 11 is 0. The monoisotopic (exact) mass is 652 g/mol. The molecule has 1 aromatic carbocycles. The molecule has 6 N–H and O–H groups in total. The molecule has 1 aromatic rings. The molecule has 0 radical (unpaired) electrons. The Morgan fingerprint density at radius 1 is 1.13 bits per heavy atom. The standard InChI is InChI=1S/C31H39F3N4O8/c1-36(2)18-12-15(13-38-8-6-29(45,7-9-38)31(32,33)34)23(39)20-16(18)10-14-11-17-22(37(3)4)25(41)21(28(35)44)27(43)30(17,46-5)26(42)19(14)24(20)40/h12,14,17,22,39-40,43,45H,6-11,13H2,1-5H3,(H2,35,44)/t14-,17-,22-,30-/m0/s1. The second kappa shape index (κ2) is 11.2. The molecule has 1 saturated heterocycles. The lowest BCUT2D eigenvalue weighted by atomic mass is 9.57. The van der Waals surface area contributed by atoms with Gasteiger partial charge in [0.1, 0.15) is 22.8 Å². The number of aromatic hydroxyl groups is 1. The summed E-state index contributed by atoms with van der Waals surface area (Å²) in [6, 6.07) is 0.609. The summed E-state index contributed by atoms with van der Waals surface area (Å²) in [7, 11) is 7.81. The molecule has 15 heteroatoms. The van der Waals surface area contributed by atoms with E-state index < -0.39 is 82.7 Å². The number of Topliss-reactive ketones (excluding diaryl/α,β-unsaturated/α-hetero) is 2. The number of carbonyl (C=O) groups is 3. The number of ether oxygens (including phenoxy) is 1. The van der Waals surface area contributed by atoms with Crippen molar-refractivity contribution in [2.24, 2.45) is 17.6 Å². The Bertz CT molecular complexity index is 1560. The van der Waals surface area contributed by atoms with Crippen LogP contribution in [0.15, 0.2) is 23.0 Å². The first-order chi connectivity index (χ1) is 21.3. The fraction of sp³-hybridized carbons (Fsp3) is 0.581. The number of aliphatic hydroxyl groups excluding tert-OH is 2. The number of fused-ring (bicyclic) bond motifs is 3. The average Bonchev–Trinajstić information content (AvgIpc) is 2.94. The van der Waals surface area contributed by atoms with Gasteiger partial charge in [0.05, 0.1) is 11.6 Å². The van der Waals surface area contributed by atoms with E-state index in [9.17, 15) is 48.0 Å². The van der Waals surface area contributed by atoms with Crippen LogP contribution in [0.2, 0.25) is 0 Å². The third-order valence-corrected chi connectivity index (χ3v) is 10.2. The Morgan fingerprint density at radius 2 is 1.74 bits per heavy atom. The lowest BCUT2D eigenvalue weighted by molar-refractivity contribution is -0.272. The summed E-state index contributed by atoms with van der Waals surface area (Å²) in [6.07, 6.45) is -5.63. The maximum atomic E-state index is 14.5. The number of methoxy groups -OCH3 is 1. The highest BCUT2D eigenvalue weighted by atomic mass is 19.4. The van der Waals surface area contributed by atoms with Crippen LogP contribution in [0.3, 0.4) is 0 Å². The molecule has 4 aliphatic rings. The maximum Gasteiger partial charge on any atom is 0.417 e. The van der Waals surface area contributed by atoms with Crippen molar-refractivity contribution in [2.45, 2.75) is 55.6 Å². The number of nitrogens with two attached hydrogens (primary N) is 1. The van der Waals surface area contributed by atoms with Gasteiger partial charge in [-0.1, -0.05) is 0 Å². The van der Waals surface area contributed by atoms with E-state index in [1.807, 2.05) is 0 Å². The fourth-order valence-electron chi connectivity index (χ4n) is 7.79. The molecule has 1 saturated carbocycles. The molecule has 2 fully saturated rings. The Kier molecular flexibility index (Phi) is 8.24. The van der Waals surface area contributed by atoms with Crippen molar-refractivity contribution in [2.75, 3.05) is 53.3 Å². The molecule has 3 aliphatic carbocycles. The van der Waals surface area contributed by atoms with Gasteiger partial charge in [0.25, 0.3) is 5.91 Å². The molecule has 0 aromatic heterocycles. The third-order valence-electron chi connectivity index (χ3n) is 10.2. The number of ketones is 2. The zero-order chi connectivity index (χ0) is 34.3. The number of piperidine rings is 1. The van der Waals surface area contributed by atoms with Gasteiger partial charge in [0.2, 0.25) is 5.78 Å². The number of anilines is 1. The number of phenolic OH excluding ortho intramolecular Hbond substituents is 1. The van der Waals surface area contributed by atoms with Gasteiger partial charge in [0, 0.05) is 63.6 Å². The quantitative estimate of drug-likeness (QED) is 0.282. The van der Waals surface area contributed by atoms with E-state index in [0.717, 1.165) is 7.11 Å². The van der Waals surface area contributed by atoms with Crippen LogP contribution < -0.4 is 10.6 Å². The number of aliphatic hydroxyl groups is 3. The first-order valence-corrected chi connectivity index (χ1v) is 14.9. The van der Waals surface area contributed by atoms with E-state index in [4.69, 9.17) is 10.5 Å². The number of likely N-dealkylation sites (tertiary alicyclic amines) is 1. The predicted octanol–water partition coefficient (Wildman–Crippen LogP) is 1.57. The topological polar surface area (TPSA) is 177 Å². The van der Waals surface area contributed by atoms with Crippen LogP contribution >= 0.6 is 0 Å². The molecule has 4 atom stereocenters. The molecule has 252 valence electrons. The lowest BCUT2D eigenvalue weighted by Crippen LogP contribution is -2.66. The average molecular weight is 653 g/mol. The first-order valence-electron chi connectivity index (χ1n) is 14.9. The molecule has 0 bridgehead atoms. The van der Waals surface area contributed by atoms with Crippen molar-refractivity contribution >= 4 is 28.9 Å². The van der Waals surface area contributed by atoms with Crippen LogP contribution in [0, 0.1) is 11.8 Å². The molecule has 0 spiro atoms. The van der Waals surface area contributed by atoms with Crippen LogP contribution in [0.25, 0.3) is 5.76 Å². The minimum atomic E-state index is -4.77. The number of phenols is 1. The van der Waals surface area contributed by atoms with Crippen molar-refractivity contribution in [3.05, 3.63) is 39.7 Å². The zero-order valence-corrected chi connectivity index (χ0v) is 26.2. The van der Waals surface area contributed by atoms with E-state index in [-0.39, 0.29) is 54.9 Å². The van der Waals surface area contributed by atoms with Crippen molar-refractivity contribution in [3.8, 4) is 5.75 Å². The SMILES string of the molecule is CO[C@]12C(=O)C3=C(O)c4c(O)c(CN5CCC(O)(C(F)(F)F)CC5)cc(N(C)C)c4C[C@H]3C[C@H]1[C@H](N(C)C)C(=O)C(C(N)=O)=C2O. The number of primary amides is 1.